The van der Waals surface area contributed by atoms with Gasteiger partial charge in [-0.15, -0.1) is 0 Å². The quantitative estimate of drug-likeness (QED) is 0.752. The Labute approximate surface area is 151 Å². The predicted octanol–water partition coefficient (Wildman–Crippen LogP) is 4.39. The van der Waals surface area contributed by atoms with Crippen LogP contribution in [0.1, 0.15) is 63.9 Å². The fourth-order valence-corrected chi connectivity index (χ4v) is 4.12. The molecule has 2 fully saturated rings. The third-order valence-corrected chi connectivity index (χ3v) is 5.78. The Morgan fingerprint density at radius 2 is 1.76 bits per heavy atom. The van der Waals surface area contributed by atoms with Crippen LogP contribution in [0.5, 0.6) is 0 Å². The summed E-state index contributed by atoms with van der Waals surface area (Å²) in [6.45, 7) is 2.67. The molecular weight excluding hydrogens is 312 g/mol. The Kier molecular flexibility index (Phi) is 6.74. The van der Waals surface area contributed by atoms with E-state index in [0.717, 1.165) is 24.3 Å². The van der Waals surface area contributed by atoms with Crippen LogP contribution in [0.2, 0.25) is 0 Å². The molecule has 3 rings (SSSR count). The number of nitrogens with one attached hydrogen (secondary N) is 2. The van der Waals surface area contributed by atoms with Gasteiger partial charge in [-0.05, 0) is 44.1 Å². The van der Waals surface area contributed by atoms with Gasteiger partial charge < -0.3 is 15.4 Å². The summed E-state index contributed by atoms with van der Waals surface area (Å²) in [7, 11) is 0. The lowest BCUT2D eigenvalue weighted by molar-refractivity contribution is 0.123. The second-order valence-corrected chi connectivity index (χ2v) is 7.78. The van der Waals surface area contributed by atoms with E-state index in [4.69, 9.17) is 4.74 Å². The Morgan fingerprint density at radius 3 is 2.44 bits per heavy atom. The van der Waals surface area contributed by atoms with Crippen LogP contribution in [0.15, 0.2) is 30.3 Å². The van der Waals surface area contributed by atoms with Crippen molar-refractivity contribution in [1.29, 1.82) is 0 Å². The number of hydrogen-bond acceptors (Lipinski definition) is 3. The van der Waals surface area contributed by atoms with Gasteiger partial charge in [0.05, 0.1) is 0 Å². The van der Waals surface area contributed by atoms with E-state index in [0.29, 0.717) is 18.7 Å². The van der Waals surface area contributed by atoms with Crippen LogP contribution in [0, 0.1) is 5.92 Å². The minimum atomic E-state index is -0.302. The first-order valence-electron chi connectivity index (χ1n) is 9.94. The summed E-state index contributed by atoms with van der Waals surface area (Å²) in [5.41, 5.74) is 1.02. The fraction of sp³-hybridized carbons (Fsp3) is 0.667. The van der Waals surface area contributed by atoms with Gasteiger partial charge in [0, 0.05) is 18.1 Å². The number of amides is 1. The van der Waals surface area contributed by atoms with Crippen molar-refractivity contribution in [1.82, 2.24) is 10.6 Å². The average molecular weight is 344 g/mol. The van der Waals surface area contributed by atoms with Crippen LogP contribution in [0.3, 0.4) is 0 Å². The van der Waals surface area contributed by atoms with Gasteiger partial charge in [0.2, 0.25) is 0 Å². The van der Waals surface area contributed by atoms with Crippen LogP contribution in [0.25, 0.3) is 0 Å². The number of alkyl carbamates (subject to hydrolysis) is 1. The molecule has 0 heterocycles. The second-order valence-electron chi connectivity index (χ2n) is 7.78. The van der Waals surface area contributed by atoms with Crippen molar-refractivity contribution in [3.05, 3.63) is 35.9 Å². The molecule has 25 heavy (non-hydrogen) atoms. The molecule has 0 radical (unpaired) electrons. The Morgan fingerprint density at radius 1 is 1.08 bits per heavy atom. The zero-order valence-electron chi connectivity index (χ0n) is 15.4. The number of benzene rings is 1. The molecule has 2 N–H and O–H groups in total. The van der Waals surface area contributed by atoms with E-state index in [1.165, 1.54) is 38.5 Å². The molecule has 1 aromatic rings. The lowest BCUT2D eigenvalue weighted by Gasteiger charge is -2.39. The standard InChI is InChI=1S/C21H32N2O2/c1-16(18-11-7-2-3-8-12-18)22-19-13-20(14-19)23-21(24)25-15-17-9-5-4-6-10-17/h4-6,9-10,16,18-20,22H,2-3,7-8,11-15H2,1H3,(H,23,24)/t16-,19?,20?/m0/s1. The zero-order valence-corrected chi connectivity index (χ0v) is 15.4. The van der Waals surface area contributed by atoms with Crippen molar-refractivity contribution in [2.75, 3.05) is 0 Å². The molecular formula is C21H32N2O2. The third-order valence-electron chi connectivity index (χ3n) is 5.78. The minimum absolute atomic E-state index is 0.252. The van der Waals surface area contributed by atoms with Gasteiger partial charge in [-0.3, -0.25) is 0 Å². The van der Waals surface area contributed by atoms with Gasteiger partial charge >= 0.3 is 6.09 Å². The number of hydrogen-bond donors (Lipinski definition) is 2. The minimum Gasteiger partial charge on any atom is -0.445 e. The van der Waals surface area contributed by atoms with Crippen LogP contribution in [-0.4, -0.2) is 24.2 Å². The first kappa shape index (κ1) is 18.2. The normalized spacial score (nSPS) is 25.5. The molecule has 0 bridgehead atoms. The molecule has 0 spiro atoms. The highest BCUT2D eigenvalue weighted by Gasteiger charge is 2.32. The van der Waals surface area contributed by atoms with E-state index in [1.807, 2.05) is 30.3 Å². The summed E-state index contributed by atoms with van der Waals surface area (Å²) in [4.78, 5) is 11.9. The van der Waals surface area contributed by atoms with Crippen molar-refractivity contribution in [3.63, 3.8) is 0 Å². The number of carbonyl (C=O) groups is 1. The summed E-state index contributed by atoms with van der Waals surface area (Å²) in [5, 5.41) is 6.76. The van der Waals surface area contributed by atoms with Crippen molar-refractivity contribution < 1.29 is 9.53 Å². The highest BCUT2D eigenvalue weighted by atomic mass is 16.5. The van der Waals surface area contributed by atoms with Gasteiger partial charge in [-0.25, -0.2) is 4.79 Å². The van der Waals surface area contributed by atoms with E-state index in [2.05, 4.69) is 17.6 Å². The SMILES string of the molecule is C[C@H](NC1CC(NC(=O)OCc2ccccc2)C1)C1CCCCCC1. The Bertz CT molecular complexity index is 520. The van der Waals surface area contributed by atoms with Crippen molar-refractivity contribution in [3.8, 4) is 0 Å². The number of ether oxygens (including phenoxy) is 1. The number of carbonyl (C=O) groups excluding carboxylic acids is 1. The first-order valence-corrected chi connectivity index (χ1v) is 9.94. The van der Waals surface area contributed by atoms with Crippen LogP contribution < -0.4 is 10.6 Å². The molecule has 0 saturated heterocycles. The second kappa shape index (κ2) is 9.23. The van der Waals surface area contributed by atoms with Crippen molar-refractivity contribution >= 4 is 6.09 Å². The van der Waals surface area contributed by atoms with Crippen LogP contribution >= 0.6 is 0 Å². The molecule has 138 valence electrons. The van der Waals surface area contributed by atoms with Gasteiger partial charge in [-0.1, -0.05) is 56.0 Å². The maximum absolute atomic E-state index is 11.9. The summed E-state index contributed by atoms with van der Waals surface area (Å²) < 4.78 is 5.29. The molecule has 2 aliphatic carbocycles. The van der Waals surface area contributed by atoms with Crippen LogP contribution in [-0.2, 0) is 11.3 Å². The lowest BCUT2D eigenvalue weighted by Crippen LogP contribution is -2.55. The molecule has 0 unspecified atom stereocenters. The van der Waals surface area contributed by atoms with Crippen molar-refractivity contribution in [2.24, 2.45) is 5.92 Å². The molecule has 4 nitrogen and oxygen atoms in total. The molecule has 0 aliphatic heterocycles. The fourth-order valence-electron chi connectivity index (χ4n) is 4.12. The summed E-state index contributed by atoms with van der Waals surface area (Å²) in [6, 6.07) is 11.2. The van der Waals surface area contributed by atoms with E-state index < -0.39 is 0 Å². The summed E-state index contributed by atoms with van der Waals surface area (Å²) >= 11 is 0. The first-order chi connectivity index (χ1) is 12.2. The maximum atomic E-state index is 11.9. The Hall–Kier alpha value is -1.55. The van der Waals surface area contributed by atoms with E-state index in [9.17, 15) is 4.79 Å². The molecule has 2 aliphatic rings. The monoisotopic (exact) mass is 344 g/mol. The molecule has 1 amide bonds. The third kappa shape index (κ3) is 5.74. The smallest absolute Gasteiger partial charge is 0.407 e. The molecule has 2 saturated carbocycles. The van der Waals surface area contributed by atoms with Gasteiger partial charge in [0.15, 0.2) is 0 Å². The highest BCUT2D eigenvalue weighted by molar-refractivity contribution is 5.67. The lowest BCUT2D eigenvalue weighted by atomic mass is 9.84. The van der Waals surface area contributed by atoms with Gasteiger partial charge in [-0.2, -0.15) is 0 Å². The van der Waals surface area contributed by atoms with E-state index in [-0.39, 0.29) is 12.1 Å². The molecule has 1 atom stereocenters. The summed E-state index contributed by atoms with van der Waals surface area (Å²) in [6.07, 6.45) is 10.0. The topological polar surface area (TPSA) is 50.4 Å². The van der Waals surface area contributed by atoms with Gasteiger partial charge in [0.25, 0.3) is 0 Å². The van der Waals surface area contributed by atoms with E-state index in [1.54, 1.807) is 0 Å². The largest absolute Gasteiger partial charge is 0.445 e. The molecule has 4 heteroatoms. The summed E-state index contributed by atoms with van der Waals surface area (Å²) in [5.74, 6) is 0.824. The zero-order chi connectivity index (χ0) is 17.5. The molecule has 0 aromatic heterocycles. The predicted molar refractivity (Wildman–Crippen MR) is 100 cm³/mol. The molecule has 1 aromatic carbocycles. The maximum Gasteiger partial charge on any atom is 0.407 e. The van der Waals surface area contributed by atoms with Gasteiger partial charge in [0.1, 0.15) is 6.61 Å². The van der Waals surface area contributed by atoms with Crippen molar-refractivity contribution in [2.45, 2.75) is 83.0 Å². The number of rotatable bonds is 6. The highest BCUT2D eigenvalue weighted by Crippen LogP contribution is 2.28. The van der Waals surface area contributed by atoms with Crippen LogP contribution in [0.4, 0.5) is 4.79 Å². The average Bonchev–Trinajstić information content (AvgIpc) is 2.88. The van der Waals surface area contributed by atoms with E-state index >= 15 is 0 Å². The Balaban J connectivity index is 1.30.